The zero-order valence-corrected chi connectivity index (χ0v) is 12.3. The molecule has 1 heterocycles. The van der Waals surface area contributed by atoms with E-state index in [4.69, 9.17) is 0 Å². The van der Waals surface area contributed by atoms with Gasteiger partial charge < -0.3 is 5.32 Å². The molecule has 0 bridgehead atoms. The summed E-state index contributed by atoms with van der Waals surface area (Å²) in [5.41, 5.74) is 2.71. The SMILES string of the molecule is CC[C@@H](C)NC(=O)c1ccc(-c2csc(C)n2)cc1. The van der Waals surface area contributed by atoms with Crippen molar-refractivity contribution < 1.29 is 4.79 Å². The molecule has 0 saturated heterocycles. The molecule has 0 radical (unpaired) electrons. The Balaban J connectivity index is 2.12. The first-order chi connectivity index (χ1) is 9.10. The van der Waals surface area contributed by atoms with Gasteiger partial charge in [-0.05, 0) is 32.4 Å². The van der Waals surface area contributed by atoms with Gasteiger partial charge >= 0.3 is 0 Å². The lowest BCUT2D eigenvalue weighted by molar-refractivity contribution is 0.0939. The minimum absolute atomic E-state index is 0.0182. The van der Waals surface area contributed by atoms with Gasteiger partial charge in [-0.3, -0.25) is 4.79 Å². The van der Waals surface area contributed by atoms with E-state index in [0.29, 0.717) is 5.56 Å². The monoisotopic (exact) mass is 274 g/mol. The summed E-state index contributed by atoms with van der Waals surface area (Å²) in [6.07, 6.45) is 0.932. The molecule has 1 N–H and O–H groups in total. The van der Waals surface area contributed by atoms with E-state index in [-0.39, 0.29) is 11.9 Å². The van der Waals surface area contributed by atoms with Crippen LogP contribution >= 0.6 is 11.3 Å². The van der Waals surface area contributed by atoms with Crippen molar-refractivity contribution in [2.24, 2.45) is 0 Å². The zero-order chi connectivity index (χ0) is 13.8. The van der Waals surface area contributed by atoms with Gasteiger partial charge in [-0.2, -0.15) is 0 Å². The Labute approximate surface area is 117 Å². The summed E-state index contributed by atoms with van der Waals surface area (Å²) in [5.74, 6) is -0.0182. The van der Waals surface area contributed by atoms with E-state index in [1.165, 1.54) is 0 Å². The number of aromatic nitrogens is 1. The molecule has 0 fully saturated rings. The Morgan fingerprint density at radius 3 is 2.58 bits per heavy atom. The minimum atomic E-state index is -0.0182. The summed E-state index contributed by atoms with van der Waals surface area (Å²) in [7, 11) is 0. The lowest BCUT2D eigenvalue weighted by Gasteiger charge is -2.11. The molecule has 0 spiro atoms. The van der Waals surface area contributed by atoms with Gasteiger partial charge in [-0.1, -0.05) is 19.1 Å². The van der Waals surface area contributed by atoms with E-state index in [1.807, 2.05) is 43.5 Å². The minimum Gasteiger partial charge on any atom is -0.350 e. The second-order valence-corrected chi connectivity index (χ2v) is 5.67. The third-order valence-electron chi connectivity index (χ3n) is 3.05. The molecule has 0 aliphatic heterocycles. The number of benzene rings is 1. The first-order valence-corrected chi connectivity index (χ1v) is 7.31. The molecule has 100 valence electrons. The van der Waals surface area contributed by atoms with Crippen molar-refractivity contribution in [2.45, 2.75) is 33.2 Å². The number of carbonyl (C=O) groups is 1. The van der Waals surface area contributed by atoms with Crippen LogP contribution in [0.3, 0.4) is 0 Å². The molecule has 1 aromatic carbocycles. The first kappa shape index (κ1) is 13.7. The summed E-state index contributed by atoms with van der Waals surface area (Å²) in [5, 5.41) is 6.04. The highest BCUT2D eigenvalue weighted by atomic mass is 32.1. The third-order valence-corrected chi connectivity index (χ3v) is 3.83. The number of hydrogen-bond acceptors (Lipinski definition) is 3. The van der Waals surface area contributed by atoms with Gasteiger partial charge in [-0.15, -0.1) is 11.3 Å². The van der Waals surface area contributed by atoms with Gasteiger partial charge in [0.05, 0.1) is 10.7 Å². The lowest BCUT2D eigenvalue weighted by atomic mass is 10.1. The molecule has 4 heteroatoms. The molecule has 0 saturated carbocycles. The molecule has 19 heavy (non-hydrogen) atoms. The molecule has 1 atom stereocenters. The van der Waals surface area contributed by atoms with Crippen molar-refractivity contribution in [2.75, 3.05) is 0 Å². The normalized spacial score (nSPS) is 12.2. The van der Waals surface area contributed by atoms with E-state index in [0.717, 1.165) is 22.7 Å². The van der Waals surface area contributed by atoms with Crippen LogP contribution in [0.2, 0.25) is 0 Å². The molecule has 0 unspecified atom stereocenters. The van der Waals surface area contributed by atoms with Crippen molar-refractivity contribution in [3.05, 3.63) is 40.2 Å². The maximum Gasteiger partial charge on any atom is 0.251 e. The Kier molecular flexibility index (Phi) is 4.32. The van der Waals surface area contributed by atoms with Crippen LogP contribution in [0.4, 0.5) is 0 Å². The predicted molar refractivity (Wildman–Crippen MR) is 79.5 cm³/mol. The first-order valence-electron chi connectivity index (χ1n) is 6.43. The highest BCUT2D eigenvalue weighted by Gasteiger charge is 2.09. The lowest BCUT2D eigenvalue weighted by Crippen LogP contribution is -2.31. The highest BCUT2D eigenvalue weighted by Crippen LogP contribution is 2.21. The maximum atomic E-state index is 11.9. The van der Waals surface area contributed by atoms with E-state index < -0.39 is 0 Å². The van der Waals surface area contributed by atoms with Crippen LogP contribution in [0, 0.1) is 6.92 Å². The topological polar surface area (TPSA) is 42.0 Å². The number of rotatable bonds is 4. The van der Waals surface area contributed by atoms with Crippen molar-refractivity contribution in [1.29, 1.82) is 0 Å². The van der Waals surface area contributed by atoms with Gasteiger partial charge in [0.2, 0.25) is 0 Å². The summed E-state index contributed by atoms with van der Waals surface area (Å²) in [6, 6.07) is 7.79. The number of amides is 1. The van der Waals surface area contributed by atoms with Gasteiger partial charge in [-0.25, -0.2) is 4.98 Å². The second kappa shape index (κ2) is 5.97. The number of nitrogens with one attached hydrogen (secondary N) is 1. The number of carbonyl (C=O) groups excluding carboxylic acids is 1. The van der Waals surface area contributed by atoms with Gasteiger partial charge in [0.1, 0.15) is 0 Å². The van der Waals surface area contributed by atoms with Crippen LogP contribution in [0.5, 0.6) is 0 Å². The molecular weight excluding hydrogens is 256 g/mol. The van der Waals surface area contributed by atoms with E-state index in [9.17, 15) is 4.79 Å². The van der Waals surface area contributed by atoms with Gasteiger partial charge in [0.15, 0.2) is 0 Å². The fraction of sp³-hybridized carbons (Fsp3) is 0.333. The quantitative estimate of drug-likeness (QED) is 0.924. The van der Waals surface area contributed by atoms with E-state index >= 15 is 0 Å². The number of nitrogens with zero attached hydrogens (tertiary/aromatic N) is 1. The van der Waals surface area contributed by atoms with Crippen LogP contribution in [0.1, 0.15) is 35.6 Å². The molecule has 0 aliphatic rings. The standard InChI is InChI=1S/C15H18N2OS/c1-4-10(2)16-15(18)13-7-5-12(6-8-13)14-9-19-11(3)17-14/h5-10H,4H2,1-3H3,(H,16,18)/t10-/m1/s1. The molecular formula is C15H18N2OS. The fourth-order valence-corrected chi connectivity index (χ4v) is 2.32. The number of aryl methyl sites for hydroxylation is 1. The van der Waals surface area contributed by atoms with E-state index in [1.54, 1.807) is 11.3 Å². The van der Waals surface area contributed by atoms with Crippen molar-refractivity contribution in [3.8, 4) is 11.3 Å². The summed E-state index contributed by atoms with van der Waals surface area (Å²) >= 11 is 1.63. The Morgan fingerprint density at radius 1 is 1.37 bits per heavy atom. The molecule has 1 aromatic heterocycles. The maximum absolute atomic E-state index is 11.9. The van der Waals surface area contributed by atoms with Crippen LogP contribution in [0.15, 0.2) is 29.6 Å². The van der Waals surface area contributed by atoms with Crippen LogP contribution in [-0.4, -0.2) is 16.9 Å². The highest BCUT2D eigenvalue weighted by molar-refractivity contribution is 7.09. The fourth-order valence-electron chi connectivity index (χ4n) is 1.70. The summed E-state index contributed by atoms with van der Waals surface area (Å²) < 4.78 is 0. The molecule has 2 rings (SSSR count). The Bertz CT molecular complexity index is 560. The molecule has 2 aromatic rings. The molecule has 1 amide bonds. The summed E-state index contributed by atoms with van der Waals surface area (Å²) in [6.45, 7) is 6.05. The van der Waals surface area contributed by atoms with Crippen LogP contribution in [0.25, 0.3) is 11.3 Å². The second-order valence-electron chi connectivity index (χ2n) is 4.61. The Morgan fingerprint density at radius 2 is 2.05 bits per heavy atom. The van der Waals surface area contributed by atoms with E-state index in [2.05, 4.69) is 17.2 Å². The molecule has 0 aliphatic carbocycles. The van der Waals surface area contributed by atoms with Gasteiger partial charge in [0, 0.05) is 22.5 Å². The largest absolute Gasteiger partial charge is 0.350 e. The van der Waals surface area contributed by atoms with Crippen molar-refractivity contribution in [3.63, 3.8) is 0 Å². The average Bonchev–Trinajstić information content (AvgIpc) is 2.85. The van der Waals surface area contributed by atoms with Crippen molar-refractivity contribution >= 4 is 17.2 Å². The smallest absolute Gasteiger partial charge is 0.251 e. The third kappa shape index (κ3) is 3.41. The Hall–Kier alpha value is -1.68. The van der Waals surface area contributed by atoms with Crippen LogP contribution in [-0.2, 0) is 0 Å². The predicted octanol–water partition coefficient (Wildman–Crippen LogP) is 3.65. The number of hydrogen-bond donors (Lipinski definition) is 1. The zero-order valence-electron chi connectivity index (χ0n) is 11.4. The molecule has 3 nitrogen and oxygen atoms in total. The average molecular weight is 274 g/mol. The number of thiazole rings is 1. The summed E-state index contributed by atoms with van der Waals surface area (Å²) in [4.78, 5) is 16.4. The van der Waals surface area contributed by atoms with Crippen molar-refractivity contribution in [1.82, 2.24) is 10.3 Å². The van der Waals surface area contributed by atoms with Crippen LogP contribution < -0.4 is 5.32 Å². The van der Waals surface area contributed by atoms with Gasteiger partial charge in [0.25, 0.3) is 5.91 Å².